The first-order valence-corrected chi connectivity index (χ1v) is 11.1. The summed E-state index contributed by atoms with van der Waals surface area (Å²) >= 11 is 12.1. The molecule has 2 unspecified atom stereocenters. The lowest BCUT2D eigenvalue weighted by atomic mass is 9.81. The number of rotatable bonds is 4. The number of phenols is 1. The smallest absolute Gasteiger partial charge is 0.328 e. The molecule has 160 valence electrons. The van der Waals surface area contributed by atoms with Crippen molar-refractivity contribution in [1.29, 1.82) is 0 Å². The van der Waals surface area contributed by atoms with Crippen molar-refractivity contribution in [3.05, 3.63) is 64.3 Å². The van der Waals surface area contributed by atoms with Gasteiger partial charge in [-0.15, -0.1) is 11.6 Å². The van der Waals surface area contributed by atoms with Crippen molar-refractivity contribution >= 4 is 46.0 Å². The van der Waals surface area contributed by atoms with Gasteiger partial charge in [-0.05, 0) is 54.8 Å². The number of nitrogens with zero attached hydrogens (tertiary/aromatic N) is 2. The van der Waals surface area contributed by atoms with Gasteiger partial charge in [-0.2, -0.15) is 0 Å². The monoisotopic (exact) mass is 457 g/mol. The molecular weight excluding hydrogens is 437 g/mol. The highest BCUT2D eigenvalue weighted by molar-refractivity contribution is 6.31. The number of aromatic nitrogens is 1. The lowest BCUT2D eigenvalue weighted by molar-refractivity contribution is -0.133. The fraction of sp³-hybridized carbons (Fsp3) is 0.304. The van der Waals surface area contributed by atoms with Crippen LogP contribution < -0.4 is 0 Å². The molecule has 5 rings (SSSR count). The molecule has 3 heterocycles. The van der Waals surface area contributed by atoms with Gasteiger partial charge in [0.05, 0.1) is 0 Å². The summed E-state index contributed by atoms with van der Waals surface area (Å²) in [4.78, 5) is 33.4. The maximum absolute atomic E-state index is 13.5. The van der Waals surface area contributed by atoms with Gasteiger partial charge in [-0.1, -0.05) is 23.7 Å². The summed E-state index contributed by atoms with van der Waals surface area (Å²) in [6.45, 7) is 2.09. The molecule has 0 radical (unpaired) electrons. The highest BCUT2D eigenvalue weighted by Crippen LogP contribution is 2.49. The van der Waals surface area contributed by atoms with Gasteiger partial charge < -0.3 is 10.1 Å². The number of phenolic OH excluding ortho intramolecular Hbond substituents is 1. The molecule has 1 aromatic heterocycles. The summed E-state index contributed by atoms with van der Waals surface area (Å²) in [6.07, 6.45) is 0.906. The molecule has 0 aliphatic carbocycles. The quantitative estimate of drug-likeness (QED) is 0.435. The van der Waals surface area contributed by atoms with Crippen molar-refractivity contribution in [2.45, 2.75) is 31.3 Å². The summed E-state index contributed by atoms with van der Waals surface area (Å²) in [5.74, 6) is 0.239. The molecule has 8 heteroatoms. The summed E-state index contributed by atoms with van der Waals surface area (Å²) in [7, 11) is 0. The van der Waals surface area contributed by atoms with E-state index in [0.717, 1.165) is 27.7 Å². The Morgan fingerprint density at radius 3 is 2.77 bits per heavy atom. The zero-order valence-corrected chi connectivity index (χ0v) is 18.4. The van der Waals surface area contributed by atoms with Crippen LogP contribution in [-0.2, 0) is 11.2 Å². The molecule has 2 aromatic carbocycles. The number of benzene rings is 2. The molecule has 0 spiro atoms. The lowest BCUT2D eigenvalue weighted by Gasteiger charge is -2.42. The molecule has 1 fully saturated rings. The Bertz CT molecular complexity index is 1220. The van der Waals surface area contributed by atoms with Crippen molar-refractivity contribution in [2.24, 2.45) is 0 Å². The van der Waals surface area contributed by atoms with Crippen LogP contribution in [0.5, 0.6) is 5.75 Å². The van der Waals surface area contributed by atoms with Crippen LogP contribution in [0.4, 0.5) is 4.79 Å². The third kappa shape index (κ3) is 2.92. The average Bonchev–Trinajstić information content (AvgIpc) is 3.17. The van der Waals surface area contributed by atoms with E-state index in [1.165, 1.54) is 4.90 Å². The molecule has 2 atom stereocenters. The van der Waals surface area contributed by atoms with E-state index in [-0.39, 0.29) is 24.2 Å². The van der Waals surface area contributed by atoms with Crippen LogP contribution in [0.15, 0.2) is 42.5 Å². The number of hydrogen-bond donors (Lipinski definition) is 2. The number of carbonyl (C=O) groups is 2. The summed E-state index contributed by atoms with van der Waals surface area (Å²) in [6, 6.07) is 11.5. The normalized spacial score (nSPS) is 22.9. The highest BCUT2D eigenvalue weighted by atomic mass is 35.5. The van der Waals surface area contributed by atoms with Crippen LogP contribution >= 0.6 is 23.2 Å². The molecule has 0 bridgehead atoms. The first-order valence-electron chi connectivity index (χ1n) is 10.2. The Labute approximate surface area is 189 Å². The molecule has 3 amide bonds. The number of aromatic amines is 1. The van der Waals surface area contributed by atoms with Crippen LogP contribution in [0.3, 0.4) is 0 Å². The Balaban J connectivity index is 1.75. The minimum Gasteiger partial charge on any atom is -0.508 e. The van der Waals surface area contributed by atoms with E-state index < -0.39 is 11.6 Å². The van der Waals surface area contributed by atoms with Gasteiger partial charge >= 0.3 is 6.03 Å². The molecule has 6 nitrogen and oxygen atoms in total. The maximum Gasteiger partial charge on any atom is 0.328 e. The second-order valence-electron chi connectivity index (χ2n) is 8.31. The standard InChI is InChI=1S/C23H21Cl2N3O3/c1-23-12-17-16-11-14(25)6-7-18(16)26-19(17)20(13-4-2-5-15(29)10-13)28(23)22(31)27(21(23)30)9-3-8-24/h2,4-7,10-11,20,26,29H,3,8-9,12H2,1H3. The molecular formula is C23H21Cl2N3O3. The zero-order chi connectivity index (χ0) is 21.9. The zero-order valence-electron chi connectivity index (χ0n) is 16.9. The molecule has 2 aliphatic rings. The van der Waals surface area contributed by atoms with Crippen molar-refractivity contribution in [1.82, 2.24) is 14.8 Å². The minimum atomic E-state index is -1.05. The van der Waals surface area contributed by atoms with E-state index in [1.807, 2.05) is 31.2 Å². The average molecular weight is 458 g/mol. The van der Waals surface area contributed by atoms with Gasteiger partial charge in [0.15, 0.2) is 0 Å². The molecule has 3 aromatic rings. The van der Waals surface area contributed by atoms with Gasteiger partial charge in [0.25, 0.3) is 5.91 Å². The van der Waals surface area contributed by atoms with Crippen LogP contribution in [0.25, 0.3) is 10.9 Å². The Kier molecular flexibility index (Phi) is 4.68. The van der Waals surface area contributed by atoms with Crippen molar-refractivity contribution in [2.75, 3.05) is 12.4 Å². The second-order valence-corrected chi connectivity index (χ2v) is 9.12. The Hall–Kier alpha value is -2.70. The van der Waals surface area contributed by atoms with Crippen LogP contribution in [0, 0.1) is 0 Å². The van der Waals surface area contributed by atoms with Crippen molar-refractivity contribution in [3.63, 3.8) is 0 Å². The summed E-state index contributed by atoms with van der Waals surface area (Å²) < 4.78 is 0. The lowest BCUT2D eigenvalue weighted by Crippen LogP contribution is -2.53. The number of carbonyl (C=O) groups excluding carboxylic acids is 2. The topological polar surface area (TPSA) is 76.6 Å². The van der Waals surface area contributed by atoms with E-state index in [2.05, 4.69) is 4.98 Å². The fourth-order valence-corrected chi connectivity index (χ4v) is 5.23. The van der Waals surface area contributed by atoms with Gasteiger partial charge in [-0.3, -0.25) is 14.6 Å². The summed E-state index contributed by atoms with van der Waals surface area (Å²) in [5, 5.41) is 11.7. The van der Waals surface area contributed by atoms with Crippen molar-refractivity contribution < 1.29 is 14.7 Å². The number of alkyl halides is 1. The van der Waals surface area contributed by atoms with Gasteiger partial charge in [0.1, 0.15) is 17.3 Å². The van der Waals surface area contributed by atoms with Crippen LogP contribution in [-0.4, -0.2) is 49.8 Å². The van der Waals surface area contributed by atoms with Crippen LogP contribution in [0.1, 0.15) is 36.2 Å². The summed E-state index contributed by atoms with van der Waals surface area (Å²) in [5.41, 5.74) is 2.36. The fourth-order valence-electron chi connectivity index (χ4n) is 4.94. The SMILES string of the molecule is CC12Cc3c([nH]c4ccc(Cl)cc34)C(c3cccc(O)c3)N1C(=O)N(CCCCl)C2=O. The highest BCUT2D eigenvalue weighted by Gasteiger charge is 2.59. The number of amides is 3. The number of aromatic hydroxyl groups is 1. The number of fused-ring (bicyclic) bond motifs is 4. The van der Waals surface area contributed by atoms with E-state index in [0.29, 0.717) is 23.7 Å². The number of imide groups is 1. The third-order valence-electron chi connectivity index (χ3n) is 6.33. The van der Waals surface area contributed by atoms with E-state index in [9.17, 15) is 14.7 Å². The number of urea groups is 1. The molecule has 2 aliphatic heterocycles. The first kappa shape index (κ1) is 20.2. The minimum absolute atomic E-state index is 0.0995. The predicted octanol–water partition coefficient (Wildman–Crippen LogP) is 4.82. The van der Waals surface area contributed by atoms with E-state index in [4.69, 9.17) is 23.2 Å². The Morgan fingerprint density at radius 1 is 1.23 bits per heavy atom. The first-order chi connectivity index (χ1) is 14.8. The predicted molar refractivity (Wildman–Crippen MR) is 120 cm³/mol. The van der Waals surface area contributed by atoms with Gasteiger partial charge in [0, 0.05) is 40.5 Å². The van der Waals surface area contributed by atoms with Crippen molar-refractivity contribution in [3.8, 4) is 5.75 Å². The van der Waals surface area contributed by atoms with Gasteiger partial charge in [-0.25, -0.2) is 4.79 Å². The number of H-pyrrole nitrogens is 1. The largest absolute Gasteiger partial charge is 0.508 e. The number of halogens is 2. The Morgan fingerprint density at radius 2 is 2.03 bits per heavy atom. The number of hydrogen-bond acceptors (Lipinski definition) is 3. The number of nitrogens with one attached hydrogen (secondary N) is 1. The molecule has 2 N–H and O–H groups in total. The molecule has 1 saturated heterocycles. The molecule has 0 saturated carbocycles. The van der Waals surface area contributed by atoms with Crippen LogP contribution in [0.2, 0.25) is 5.02 Å². The van der Waals surface area contributed by atoms with E-state index >= 15 is 0 Å². The maximum atomic E-state index is 13.5. The second kappa shape index (κ2) is 7.18. The molecule has 31 heavy (non-hydrogen) atoms. The third-order valence-corrected chi connectivity index (χ3v) is 6.83. The van der Waals surface area contributed by atoms with Gasteiger partial charge in [0.2, 0.25) is 0 Å². The van der Waals surface area contributed by atoms with E-state index in [1.54, 1.807) is 23.1 Å².